The van der Waals surface area contributed by atoms with Crippen molar-refractivity contribution in [2.45, 2.75) is 6.92 Å². The second-order valence-electron chi connectivity index (χ2n) is 1.22. The van der Waals surface area contributed by atoms with Crippen LogP contribution in [0.3, 0.4) is 0 Å². The molecule has 0 fully saturated rings. The third kappa shape index (κ3) is 3.96. The highest BCUT2D eigenvalue weighted by atomic mass is 15.0. The van der Waals surface area contributed by atoms with Crippen LogP contribution in [0.15, 0.2) is 0 Å². The van der Waals surface area contributed by atoms with Crippen molar-refractivity contribution in [3.05, 3.63) is 6.54 Å². The zero-order valence-electron chi connectivity index (χ0n) is 4.02. The molecule has 0 aromatic carbocycles. The van der Waals surface area contributed by atoms with Crippen LogP contribution in [-0.2, 0) is 0 Å². The first-order chi connectivity index (χ1) is 2.27. The van der Waals surface area contributed by atoms with Crippen LogP contribution in [0.1, 0.15) is 6.92 Å². The molecule has 0 saturated heterocycles. The van der Waals surface area contributed by atoms with E-state index in [4.69, 9.17) is 0 Å². The van der Waals surface area contributed by atoms with Gasteiger partial charge < -0.3 is 4.90 Å². The molecule has 0 aliphatic heterocycles. The smallest absolute Gasteiger partial charge is 0.0214 e. The van der Waals surface area contributed by atoms with E-state index in [0.717, 1.165) is 0 Å². The van der Waals surface area contributed by atoms with E-state index in [0.29, 0.717) is 0 Å². The fourth-order valence-electron chi connectivity index (χ4n) is 0. The van der Waals surface area contributed by atoms with E-state index in [1.54, 1.807) is 0 Å². The predicted octanol–water partition coefficient (Wildman–Crippen LogP) is 0.730. The maximum absolute atomic E-state index is 2.00. The van der Waals surface area contributed by atoms with Gasteiger partial charge >= 0.3 is 0 Å². The molecule has 0 N–H and O–H groups in total. The molecule has 0 aliphatic rings. The van der Waals surface area contributed by atoms with Gasteiger partial charge in [-0.1, -0.05) is 0 Å². The van der Waals surface area contributed by atoms with Crippen molar-refractivity contribution in [2.24, 2.45) is 0 Å². The Morgan fingerprint density at radius 3 is 1.60 bits per heavy atom. The van der Waals surface area contributed by atoms with Crippen molar-refractivity contribution in [3.63, 3.8) is 0 Å². The monoisotopic (exact) mass is 72.1 g/mol. The Morgan fingerprint density at radius 1 is 1.40 bits per heavy atom. The molecule has 1 radical (unpaired) electrons. The van der Waals surface area contributed by atoms with Crippen LogP contribution >= 0.6 is 0 Å². The van der Waals surface area contributed by atoms with E-state index < -0.39 is 0 Å². The molecule has 5 heavy (non-hydrogen) atoms. The topological polar surface area (TPSA) is 3.24 Å². The van der Waals surface area contributed by atoms with E-state index in [2.05, 4.69) is 0 Å². The van der Waals surface area contributed by atoms with Crippen molar-refractivity contribution in [1.82, 2.24) is 4.90 Å². The summed E-state index contributed by atoms with van der Waals surface area (Å²) in [6.07, 6.45) is 0. The van der Waals surface area contributed by atoms with Crippen LogP contribution in [0.5, 0.6) is 0 Å². The Kier molecular flexibility index (Phi) is 2.19. The summed E-state index contributed by atoms with van der Waals surface area (Å²) in [7, 11) is 4.00. The lowest BCUT2D eigenvalue weighted by atomic mass is 10.7. The van der Waals surface area contributed by atoms with Crippen molar-refractivity contribution < 1.29 is 0 Å². The van der Waals surface area contributed by atoms with Gasteiger partial charge in [0.15, 0.2) is 0 Å². The molecular formula is C4H10N. The minimum atomic E-state index is 2.00. The average Bonchev–Trinajstić information content (AvgIpc) is 1.38. The maximum Gasteiger partial charge on any atom is 0.0214 e. The van der Waals surface area contributed by atoms with E-state index in [1.807, 2.05) is 32.5 Å². The summed E-state index contributed by atoms with van der Waals surface area (Å²) in [5, 5.41) is 0. The van der Waals surface area contributed by atoms with Crippen LogP contribution in [0, 0.1) is 6.54 Å². The van der Waals surface area contributed by atoms with E-state index >= 15 is 0 Å². The fraction of sp³-hybridized carbons (Fsp3) is 0.750. The molecule has 0 atom stereocenters. The third-order valence-corrected chi connectivity index (χ3v) is 0.516. The van der Waals surface area contributed by atoms with Crippen LogP contribution in [0.2, 0.25) is 0 Å². The molecular weight excluding hydrogens is 62.1 g/mol. The number of hydrogen-bond donors (Lipinski definition) is 0. The summed E-state index contributed by atoms with van der Waals surface area (Å²) in [5.41, 5.74) is 0. The second-order valence-corrected chi connectivity index (χ2v) is 1.22. The summed E-state index contributed by atoms with van der Waals surface area (Å²) < 4.78 is 0. The molecule has 0 rings (SSSR count). The summed E-state index contributed by atoms with van der Waals surface area (Å²) >= 11 is 0. The lowest BCUT2D eigenvalue weighted by molar-refractivity contribution is 0.504. The first-order valence-corrected chi connectivity index (χ1v) is 1.73. The standard InChI is InChI=1S/C4H10N/c1-4-5(2)3/h4H,1-3H3. The maximum atomic E-state index is 2.00. The fourth-order valence-corrected chi connectivity index (χ4v) is 0. The average molecular weight is 72.1 g/mol. The Morgan fingerprint density at radius 2 is 1.60 bits per heavy atom. The zero-order valence-corrected chi connectivity index (χ0v) is 4.02. The molecule has 0 aromatic heterocycles. The van der Waals surface area contributed by atoms with Gasteiger partial charge in [0.25, 0.3) is 0 Å². The van der Waals surface area contributed by atoms with Gasteiger partial charge in [0.1, 0.15) is 0 Å². The van der Waals surface area contributed by atoms with Crippen LogP contribution in [0.4, 0.5) is 0 Å². The first-order valence-electron chi connectivity index (χ1n) is 1.73. The molecule has 0 aromatic rings. The SMILES string of the molecule is C[CH]N(C)C. The van der Waals surface area contributed by atoms with Crippen molar-refractivity contribution in [2.75, 3.05) is 14.1 Å². The molecule has 0 unspecified atom stereocenters. The van der Waals surface area contributed by atoms with Gasteiger partial charge in [-0.05, 0) is 21.0 Å². The molecule has 0 amide bonds. The van der Waals surface area contributed by atoms with Crippen LogP contribution < -0.4 is 0 Å². The second kappa shape index (κ2) is 2.21. The molecule has 0 saturated carbocycles. The summed E-state index contributed by atoms with van der Waals surface area (Å²) in [5.74, 6) is 0. The molecule has 0 heterocycles. The van der Waals surface area contributed by atoms with Gasteiger partial charge in [0.05, 0.1) is 0 Å². The van der Waals surface area contributed by atoms with Gasteiger partial charge in [-0.15, -0.1) is 0 Å². The lowest BCUT2D eigenvalue weighted by Gasteiger charge is -1.99. The van der Waals surface area contributed by atoms with Crippen molar-refractivity contribution in [3.8, 4) is 0 Å². The van der Waals surface area contributed by atoms with Crippen molar-refractivity contribution >= 4 is 0 Å². The quantitative estimate of drug-likeness (QED) is 0.441. The number of hydrogen-bond acceptors (Lipinski definition) is 1. The lowest BCUT2D eigenvalue weighted by Crippen LogP contribution is -2.02. The molecule has 0 spiro atoms. The third-order valence-electron chi connectivity index (χ3n) is 0.516. The van der Waals surface area contributed by atoms with Gasteiger partial charge in [0.2, 0.25) is 0 Å². The van der Waals surface area contributed by atoms with Crippen LogP contribution in [-0.4, -0.2) is 19.0 Å². The largest absolute Gasteiger partial charge is 0.305 e. The molecule has 0 bridgehead atoms. The number of rotatable bonds is 1. The highest BCUT2D eigenvalue weighted by Crippen LogP contribution is 1.72. The Bertz CT molecular complexity index is 17.6. The van der Waals surface area contributed by atoms with Crippen molar-refractivity contribution in [1.29, 1.82) is 0 Å². The molecule has 1 nitrogen and oxygen atoms in total. The minimum absolute atomic E-state index is 2.00. The van der Waals surface area contributed by atoms with Gasteiger partial charge in [-0.25, -0.2) is 0 Å². The van der Waals surface area contributed by atoms with E-state index in [1.165, 1.54) is 0 Å². The highest BCUT2D eigenvalue weighted by Gasteiger charge is 1.73. The van der Waals surface area contributed by atoms with Gasteiger partial charge in [0, 0.05) is 6.54 Å². The summed E-state index contributed by atoms with van der Waals surface area (Å²) in [6.45, 7) is 4.00. The summed E-state index contributed by atoms with van der Waals surface area (Å²) in [4.78, 5) is 2.00. The van der Waals surface area contributed by atoms with Crippen LogP contribution in [0.25, 0.3) is 0 Å². The zero-order chi connectivity index (χ0) is 4.28. The Hall–Kier alpha value is -0.0400. The minimum Gasteiger partial charge on any atom is -0.305 e. The normalized spacial score (nSPS) is 9.60. The molecule has 1 heteroatoms. The van der Waals surface area contributed by atoms with Gasteiger partial charge in [-0.2, -0.15) is 0 Å². The Balaban J connectivity index is 2.54. The molecule has 0 aliphatic carbocycles. The first kappa shape index (κ1) is 4.96. The van der Waals surface area contributed by atoms with E-state index in [-0.39, 0.29) is 0 Å². The van der Waals surface area contributed by atoms with E-state index in [9.17, 15) is 0 Å². The Labute approximate surface area is 33.6 Å². The predicted molar refractivity (Wildman–Crippen MR) is 23.7 cm³/mol. The van der Waals surface area contributed by atoms with Gasteiger partial charge in [-0.3, -0.25) is 0 Å². The highest BCUT2D eigenvalue weighted by molar-refractivity contribution is 4.45. The number of nitrogens with zero attached hydrogens (tertiary/aromatic N) is 1. The summed E-state index contributed by atoms with van der Waals surface area (Å²) in [6, 6.07) is 0. The molecule has 31 valence electrons.